The number of aliphatic hydroxyl groups is 1. The molecule has 2 N–H and O–H groups in total. The maximum atomic E-state index is 9.69. The fourth-order valence-electron chi connectivity index (χ4n) is 1.68. The van der Waals surface area contributed by atoms with E-state index in [4.69, 9.17) is 4.74 Å². The van der Waals surface area contributed by atoms with Gasteiger partial charge < -0.3 is 15.2 Å². The third kappa shape index (κ3) is 5.80. The number of halogens is 1. The smallest absolute Gasteiger partial charge is 0.0897 e. The molecule has 1 unspecified atom stereocenters. The maximum absolute atomic E-state index is 9.69. The molecule has 1 fully saturated rings. The van der Waals surface area contributed by atoms with Crippen LogP contribution >= 0.6 is 27.3 Å². The van der Waals surface area contributed by atoms with Gasteiger partial charge >= 0.3 is 0 Å². The molecule has 5 heteroatoms. The second kappa shape index (κ2) is 7.60. The van der Waals surface area contributed by atoms with E-state index in [1.165, 1.54) is 21.5 Å². The molecule has 0 aliphatic heterocycles. The van der Waals surface area contributed by atoms with Crippen molar-refractivity contribution in [3.8, 4) is 0 Å². The SMILES string of the molecule is OC(CNCCc1ccc(Br)s1)COCC1CC1. The Morgan fingerprint density at radius 3 is 3.00 bits per heavy atom. The van der Waals surface area contributed by atoms with Crippen molar-refractivity contribution in [1.82, 2.24) is 5.32 Å². The molecule has 102 valence electrons. The van der Waals surface area contributed by atoms with Crippen molar-refractivity contribution in [2.75, 3.05) is 26.3 Å². The van der Waals surface area contributed by atoms with E-state index < -0.39 is 0 Å². The van der Waals surface area contributed by atoms with E-state index in [0.29, 0.717) is 13.2 Å². The Labute approximate surface area is 121 Å². The van der Waals surface area contributed by atoms with Gasteiger partial charge in [0.1, 0.15) is 0 Å². The molecule has 1 aromatic rings. The van der Waals surface area contributed by atoms with Gasteiger partial charge in [0, 0.05) is 24.6 Å². The molecule has 3 nitrogen and oxygen atoms in total. The number of ether oxygens (including phenoxy) is 1. The van der Waals surface area contributed by atoms with Crippen molar-refractivity contribution in [1.29, 1.82) is 0 Å². The first-order valence-corrected chi connectivity index (χ1v) is 8.05. The van der Waals surface area contributed by atoms with E-state index in [1.807, 2.05) is 0 Å². The number of hydrogen-bond donors (Lipinski definition) is 2. The van der Waals surface area contributed by atoms with Gasteiger partial charge in [-0.2, -0.15) is 0 Å². The average Bonchev–Trinajstić information content (AvgIpc) is 3.07. The van der Waals surface area contributed by atoms with Crippen LogP contribution < -0.4 is 5.32 Å². The maximum Gasteiger partial charge on any atom is 0.0897 e. The van der Waals surface area contributed by atoms with Crippen molar-refractivity contribution >= 4 is 27.3 Å². The lowest BCUT2D eigenvalue weighted by molar-refractivity contribution is 0.0327. The zero-order valence-electron chi connectivity index (χ0n) is 10.4. The Kier molecular flexibility index (Phi) is 6.11. The van der Waals surface area contributed by atoms with E-state index in [0.717, 1.165) is 25.5 Å². The summed E-state index contributed by atoms with van der Waals surface area (Å²) in [4.78, 5) is 1.36. The fraction of sp³-hybridized carbons (Fsp3) is 0.692. The Bertz CT molecular complexity index is 355. The number of rotatable bonds is 9. The first kappa shape index (κ1) is 14.5. The van der Waals surface area contributed by atoms with Crippen molar-refractivity contribution in [3.63, 3.8) is 0 Å². The standard InChI is InChI=1S/C13H20BrNO2S/c14-13-4-3-12(18-13)5-6-15-7-11(16)9-17-8-10-1-2-10/h3-4,10-11,15-16H,1-2,5-9H2. The third-order valence-corrected chi connectivity index (χ3v) is 4.60. The predicted octanol–water partition coefficient (Wildman–Crippen LogP) is 2.43. The molecule has 0 spiro atoms. The number of thiophene rings is 1. The summed E-state index contributed by atoms with van der Waals surface area (Å²) in [6.45, 7) is 2.78. The minimum atomic E-state index is -0.390. The zero-order valence-corrected chi connectivity index (χ0v) is 12.8. The van der Waals surface area contributed by atoms with Crippen molar-refractivity contribution < 1.29 is 9.84 Å². The summed E-state index contributed by atoms with van der Waals surface area (Å²) in [5.41, 5.74) is 0. The van der Waals surface area contributed by atoms with Gasteiger partial charge in [0.15, 0.2) is 0 Å². The van der Waals surface area contributed by atoms with Gasteiger partial charge in [-0.05, 0) is 53.2 Å². The van der Waals surface area contributed by atoms with Crippen molar-refractivity contribution in [2.45, 2.75) is 25.4 Å². The molecule has 1 saturated carbocycles. The van der Waals surface area contributed by atoms with Crippen molar-refractivity contribution in [2.24, 2.45) is 5.92 Å². The Hall–Kier alpha value is 0.0600. The normalized spacial score (nSPS) is 17.0. The largest absolute Gasteiger partial charge is 0.389 e. The Balaban J connectivity index is 1.46. The molecule has 0 radical (unpaired) electrons. The van der Waals surface area contributed by atoms with Crippen LogP contribution in [-0.2, 0) is 11.2 Å². The highest BCUT2D eigenvalue weighted by Crippen LogP contribution is 2.28. The summed E-state index contributed by atoms with van der Waals surface area (Å²) < 4.78 is 6.62. The van der Waals surface area contributed by atoms with Crippen LogP contribution in [0.25, 0.3) is 0 Å². The molecule has 18 heavy (non-hydrogen) atoms. The molecule has 0 saturated heterocycles. The minimum absolute atomic E-state index is 0.390. The van der Waals surface area contributed by atoms with Gasteiger partial charge in [0.05, 0.1) is 16.5 Å². The van der Waals surface area contributed by atoms with Crippen LogP contribution in [0.4, 0.5) is 0 Å². The lowest BCUT2D eigenvalue weighted by atomic mass is 10.3. The van der Waals surface area contributed by atoms with E-state index in [9.17, 15) is 5.11 Å². The van der Waals surface area contributed by atoms with Gasteiger partial charge in [-0.3, -0.25) is 0 Å². The van der Waals surface area contributed by atoms with E-state index >= 15 is 0 Å². The predicted molar refractivity (Wildman–Crippen MR) is 78.1 cm³/mol. The molecule has 0 aromatic carbocycles. The topological polar surface area (TPSA) is 41.5 Å². The molecular weight excluding hydrogens is 314 g/mol. The first-order chi connectivity index (χ1) is 8.74. The van der Waals surface area contributed by atoms with Gasteiger partial charge in [0.25, 0.3) is 0 Å². The molecule has 1 heterocycles. The summed E-state index contributed by atoms with van der Waals surface area (Å²) in [5, 5.41) is 12.9. The molecule has 0 amide bonds. The summed E-state index contributed by atoms with van der Waals surface area (Å²) in [6, 6.07) is 4.20. The van der Waals surface area contributed by atoms with E-state index in [2.05, 4.69) is 33.4 Å². The van der Waals surface area contributed by atoms with Crippen LogP contribution in [0, 0.1) is 5.92 Å². The highest BCUT2D eigenvalue weighted by atomic mass is 79.9. The third-order valence-electron chi connectivity index (χ3n) is 2.92. The minimum Gasteiger partial charge on any atom is -0.389 e. The monoisotopic (exact) mass is 333 g/mol. The summed E-state index contributed by atoms with van der Waals surface area (Å²) in [7, 11) is 0. The molecule has 1 aliphatic rings. The van der Waals surface area contributed by atoms with Crippen LogP contribution in [0.1, 0.15) is 17.7 Å². The highest BCUT2D eigenvalue weighted by Gasteiger charge is 2.21. The van der Waals surface area contributed by atoms with Gasteiger partial charge in [-0.15, -0.1) is 11.3 Å². The number of hydrogen-bond acceptors (Lipinski definition) is 4. The second-order valence-electron chi connectivity index (χ2n) is 4.79. The first-order valence-electron chi connectivity index (χ1n) is 6.45. The molecule has 1 atom stereocenters. The molecule has 2 rings (SSSR count). The second-order valence-corrected chi connectivity index (χ2v) is 7.34. The quantitative estimate of drug-likeness (QED) is 0.682. The Morgan fingerprint density at radius 1 is 1.50 bits per heavy atom. The van der Waals surface area contributed by atoms with Crippen LogP contribution in [0.5, 0.6) is 0 Å². The van der Waals surface area contributed by atoms with Crippen LogP contribution in [0.2, 0.25) is 0 Å². The van der Waals surface area contributed by atoms with Gasteiger partial charge in [0.2, 0.25) is 0 Å². The Morgan fingerprint density at radius 2 is 2.33 bits per heavy atom. The van der Waals surface area contributed by atoms with Crippen LogP contribution in [-0.4, -0.2) is 37.5 Å². The van der Waals surface area contributed by atoms with Crippen LogP contribution in [0.15, 0.2) is 15.9 Å². The lowest BCUT2D eigenvalue weighted by Crippen LogP contribution is -2.31. The van der Waals surface area contributed by atoms with Crippen molar-refractivity contribution in [3.05, 3.63) is 20.8 Å². The molecule has 1 aromatic heterocycles. The molecular formula is C13H20BrNO2S. The highest BCUT2D eigenvalue weighted by molar-refractivity contribution is 9.11. The summed E-state index contributed by atoms with van der Waals surface area (Å²) in [6.07, 6.45) is 3.21. The van der Waals surface area contributed by atoms with E-state index in [-0.39, 0.29) is 6.10 Å². The molecule has 1 aliphatic carbocycles. The zero-order chi connectivity index (χ0) is 12.8. The molecule has 0 bridgehead atoms. The summed E-state index contributed by atoms with van der Waals surface area (Å²) in [5.74, 6) is 0.766. The number of aliphatic hydroxyl groups excluding tert-OH is 1. The van der Waals surface area contributed by atoms with Gasteiger partial charge in [-0.25, -0.2) is 0 Å². The lowest BCUT2D eigenvalue weighted by Gasteiger charge is -2.11. The van der Waals surface area contributed by atoms with Gasteiger partial charge in [-0.1, -0.05) is 0 Å². The van der Waals surface area contributed by atoms with Crippen LogP contribution in [0.3, 0.4) is 0 Å². The van der Waals surface area contributed by atoms with E-state index in [1.54, 1.807) is 11.3 Å². The summed E-state index contributed by atoms with van der Waals surface area (Å²) >= 11 is 5.21. The average molecular weight is 334 g/mol. The number of nitrogens with one attached hydrogen (secondary N) is 1. The fourth-order valence-corrected chi connectivity index (χ4v) is 3.16.